The molecule has 0 aromatic heterocycles. The first kappa shape index (κ1) is 11.3. The first-order chi connectivity index (χ1) is 8.22. The maximum atomic E-state index is 13.5. The maximum absolute atomic E-state index is 13.5. The summed E-state index contributed by atoms with van der Waals surface area (Å²) in [5.41, 5.74) is 1.27. The number of hydrogen-bond acceptors (Lipinski definition) is 1. The minimum Gasteiger partial charge on any atom is -0.207 e. The van der Waals surface area contributed by atoms with Crippen LogP contribution in [-0.2, 0) is 6.42 Å². The molecule has 0 saturated carbocycles. The van der Waals surface area contributed by atoms with Gasteiger partial charge in [0.1, 0.15) is 11.6 Å². The van der Waals surface area contributed by atoms with E-state index >= 15 is 0 Å². The van der Waals surface area contributed by atoms with Gasteiger partial charge in [0.25, 0.3) is 0 Å². The number of benzene rings is 2. The lowest BCUT2D eigenvalue weighted by Gasteiger charge is -2.05. The molecule has 2 rings (SSSR count). The summed E-state index contributed by atoms with van der Waals surface area (Å²) in [4.78, 5) is 0. The molecule has 0 unspecified atom stereocenters. The molecule has 0 bridgehead atoms. The third-order valence-corrected chi connectivity index (χ3v) is 2.50. The minimum atomic E-state index is -0.438. The molecule has 0 amide bonds. The van der Waals surface area contributed by atoms with Crippen LogP contribution in [0.25, 0.3) is 11.1 Å². The minimum absolute atomic E-state index is 0.0197. The SMILES string of the molecule is N#CCc1cc(-c2ccccc2F)ccc1F. The Morgan fingerprint density at radius 2 is 1.76 bits per heavy atom. The molecule has 1 nitrogen and oxygen atoms in total. The summed E-state index contributed by atoms with van der Waals surface area (Å²) in [5, 5.41) is 8.57. The van der Waals surface area contributed by atoms with Gasteiger partial charge in [0.15, 0.2) is 0 Å². The largest absolute Gasteiger partial charge is 0.207 e. The molecule has 0 atom stereocenters. The van der Waals surface area contributed by atoms with E-state index < -0.39 is 5.82 Å². The lowest BCUT2D eigenvalue weighted by atomic mass is 10.0. The Morgan fingerprint density at radius 3 is 2.47 bits per heavy atom. The fourth-order valence-corrected chi connectivity index (χ4v) is 1.66. The van der Waals surface area contributed by atoms with Crippen molar-refractivity contribution in [1.82, 2.24) is 0 Å². The van der Waals surface area contributed by atoms with Crippen LogP contribution in [-0.4, -0.2) is 0 Å². The van der Waals surface area contributed by atoms with Crippen molar-refractivity contribution in [3.63, 3.8) is 0 Å². The average Bonchev–Trinajstić information content (AvgIpc) is 2.33. The van der Waals surface area contributed by atoms with Crippen molar-refractivity contribution in [2.75, 3.05) is 0 Å². The summed E-state index contributed by atoms with van der Waals surface area (Å²) >= 11 is 0. The zero-order chi connectivity index (χ0) is 12.3. The maximum Gasteiger partial charge on any atom is 0.131 e. The lowest BCUT2D eigenvalue weighted by Crippen LogP contribution is -1.91. The molecule has 0 fully saturated rings. The highest BCUT2D eigenvalue weighted by atomic mass is 19.1. The summed E-state index contributed by atoms with van der Waals surface area (Å²) in [6.45, 7) is 0. The molecule has 17 heavy (non-hydrogen) atoms. The highest BCUT2D eigenvalue weighted by Gasteiger charge is 2.07. The molecule has 0 aliphatic rings. The predicted molar refractivity (Wildman–Crippen MR) is 61.1 cm³/mol. The van der Waals surface area contributed by atoms with Crippen molar-refractivity contribution < 1.29 is 8.78 Å². The van der Waals surface area contributed by atoms with Gasteiger partial charge in [0.05, 0.1) is 12.5 Å². The van der Waals surface area contributed by atoms with Crippen LogP contribution in [0.15, 0.2) is 42.5 Å². The van der Waals surface area contributed by atoms with Gasteiger partial charge in [0, 0.05) is 11.1 Å². The molecule has 0 aliphatic carbocycles. The highest BCUT2D eigenvalue weighted by molar-refractivity contribution is 5.65. The molecule has 2 aromatic carbocycles. The Labute approximate surface area is 97.9 Å². The van der Waals surface area contributed by atoms with Crippen LogP contribution in [0.1, 0.15) is 5.56 Å². The topological polar surface area (TPSA) is 23.8 Å². The smallest absolute Gasteiger partial charge is 0.131 e. The summed E-state index contributed by atoms with van der Waals surface area (Å²) in [6, 6.07) is 12.4. The molecule has 3 heteroatoms. The monoisotopic (exact) mass is 229 g/mol. The van der Waals surface area contributed by atoms with Gasteiger partial charge in [-0.2, -0.15) is 5.26 Å². The van der Waals surface area contributed by atoms with E-state index in [1.165, 1.54) is 24.3 Å². The summed E-state index contributed by atoms with van der Waals surface area (Å²) in [6.07, 6.45) is -0.0197. The Bertz CT molecular complexity index is 585. The fourth-order valence-electron chi connectivity index (χ4n) is 1.66. The zero-order valence-corrected chi connectivity index (χ0v) is 8.95. The molecular formula is C14H9F2N. The van der Waals surface area contributed by atoms with Crippen LogP contribution in [0.2, 0.25) is 0 Å². The fraction of sp³-hybridized carbons (Fsp3) is 0.0714. The molecule has 0 saturated heterocycles. The van der Waals surface area contributed by atoms with Crippen molar-refractivity contribution in [2.45, 2.75) is 6.42 Å². The van der Waals surface area contributed by atoms with E-state index in [0.29, 0.717) is 11.1 Å². The van der Waals surface area contributed by atoms with Crippen LogP contribution in [0, 0.1) is 23.0 Å². The number of nitriles is 1. The van der Waals surface area contributed by atoms with Gasteiger partial charge in [-0.3, -0.25) is 0 Å². The molecule has 0 radical (unpaired) electrons. The third kappa shape index (κ3) is 2.31. The Kier molecular flexibility index (Phi) is 3.15. The van der Waals surface area contributed by atoms with E-state index in [-0.39, 0.29) is 17.8 Å². The molecular weight excluding hydrogens is 220 g/mol. The second kappa shape index (κ2) is 4.75. The van der Waals surface area contributed by atoms with Crippen LogP contribution in [0.4, 0.5) is 8.78 Å². The molecule has 84 valence electrons. The van der Waals surface area contributed by atoms with Crippen molar-refractivity contribution in [2.24, 2.45) is 0 Å². The first-order valence-corrected chi connectivity index (χ1v) is 5.12. The van der Waals surface area contributed by atoms with Crippen LogP contribution < -0.4 is 0 Å². The first-order valence-electron chi connectivity index (χ1n) is 5.12. The van der Waals surface area contributed by atoms with Crippen LogP contribution >= 0.6 is 0 Å². The second-order valence-corrected chi connectivity index (χ2v) is 3.62. The quantitative estimate of drug-likeness (QED) is 0.770. The van der Waals surface area contributed by atoms with Crippen molar-refractivity contribution in [1.29, 1.82) is 5.26 Å². The van der Waals surface area contributed by atoms with Crippen molar-refractivity contribution in [3.8, 4) is 17.2 Å². The third-order valence-electron chi connectivity index (χ3n) is 2.50. The Hall–Kier alpha value is -2.21. The van der Waals surface area contributed by atoms with Gasteiger partial charge in [-0.1, -0.05) is 24.3 Å². The second-order valence-electron chi connectivity index (χ2n) is 3.62. The van der Waals surface area contributed by atoms with Gasteiger partial charge in [0.2, 0.25) is 0 Å². The standard InChI is InChI=1S/C14H9F2N/c15-13-6-5-10(9-11(13)7-8-17)12-3-1-2-4-14(12)16/h1-6,9H,7H2. The summed E-state index contributed by atoms with van der Waals surface area (Å²) in [5.74, 6) is -0.798. The van der Waals surface area contributed by atoms with E-state index in [1.807, 2.05) is 6.07 Å². The van der Waals surface area contributed by atoms with Crippen LogP contribution in [0.3, 0.4) is 0 Å². The van der Waals surface area contributed by atoms with Gasteiger partial charge >= 0.3 is 0 Å². The number of rotatable bonds is 2. The zero-order valence-electron chi connectivity index (χ0n) is 8.95. The molecule has 0 aliphatic heterocycles. The molecule has 0 heterocycles. The van der Waals surface area contributed by atoms with Crippen LogP contribution in [0.5, 0.6) is 0 Å². The van der Waals surface area contributed by atoms with Gasteiger partial charge in [-0.15, -0.1) is 0 Å². The van der Waals surface area contributed by atoms with E-state index in [9.17, 15) is 8.78 Å². The van der Waals surface area contributed by atoms with E-state index in [1.54, 1.807) is 18.2 Å². The van der Waals surface area contributed by atoms with E-state index in [0.717, 1.165) is 0 Å². The predicted octanol–water partition coefficient (Wildman–Crippen LogP) is 3.70. The highest BCUT2D eigenvalue weighted by Crippen LogP contribution is 2.24. The summed E-state index contributed by atoms with van der Waals surface area (Å²) < 4.78 is 26.9. The normalized spacial score (nSPS) is 9.94. The number of nitrogens with zero attached hydrogens (tertiary/aromatic N) is 1. The van der Waals surface area contributed by atoms with Gasteiger partial charge in [-0.25, -0.2) is 8.78 Å². The Balaban J connectivity index is 2.51. The van der Waals surface area contributed by atoms with E-state index in [4.69, 9.17) is 5.26 Å². The Morgan fingerprint density at radius 1 is 1.00 bits per heavy atom. The molecule has 0 spiro atoms. The van der Waals surface area contributed by atoms with Crippen molar-refractivity contribution >= 4 is 0 Å². The molecule has 0 N–H and O–H groups in total. The number of halogens is 2. The summed E-state index contributed by atoms with van der Waals surface area (Å²) in [7, 11) is 0. The van der Waals surface area contributed by atoms with Crippen molar-refractivity contribution in [3.05, 3.63) is 59.7 Å². The molecule has 2 aromatic rings. The lowest BCUT2D eigenvalue weighted by molar-refractivity contribution is 0.614. The van der Waals surface area contributed by atoms with Gasteiger partial charge in [-0.05, 0) is 23.8 Å². The average molecular weight is 229 g/mol. The number of hydrogen-bond donors (Lipinski definition) is 0. The van der Waals surface area contributed by atoms with E-state index in [2.05, 4.69) is 0 Å². The van der Waals surface area contributed by atoms with Gasteiger partial charge < -0.3 is 0 Å².